The summed E-state index contributed by atoms with van der Waals surface area (Å²) in [7, 11) is 1.55. The number of carbonyl (C=O) groups excluding carboxylic acids is 2. The van der Waals surface area contributed by atoms with Crippen molar-refractivity contribution in [2.45, 2.75) is 18.6 Å². The van der Waals surface area contributed by atoms with E-state index in [-0.39, 0.29) is 6.42 Å². The van der Waals surface area contributed by atoms with E-state index in [1.807, 2.05) is 0 Å². The van der Waals surface area contributed by atoms with E-state index in [1.54, 1.807) is 37.4 Å². The highest BCUT2D eigenvalue weighted by molar-refractivity contribution is 5.88. The van der Waals surface area contributed by atoms with Crippen LogP contribution in [0.4, 0.5) is 13.2 Å². The van der Waals surface area contributed by atoms with Gasteiger partial charge in [0.25, 0.3) is 0 Å². The summed E-state index contributed by atoms with van der Waals surface area (Å²) in [5, 5.41) is 2.77. The molecule has 0 spiro atoms. The van der Waals surface area contributed by atoms with Crippen LogP contribution in [0.2, 0.25) is 0 Å². The standard InChI is InChI=1S/C12H12F3NO3/c1-16-9(8-5-3-2-4-6-8)7-10(17)19-11(18)12(13,14)15/h2-6,9,16H,7H2,1H3. The maximum atomic E-state index is 11.9. The second-order valence-electron chi connectivity index (χ2n) is 3.72. The molecule has 1 N–H and O–H groups in total. The molecule has 0 fully saturated rings. The first-order chi connectivity index (χ1) is 8.84. The van der Waals surface area contributed by atoms with Crippen LogP contribution in [-0.4, -0.2) is 25.2 Å². The highest BCUT2D eigenvalue weighted by Gasteiger charge is 2.42. The lowest BCUT2D eigenvalue weighted by Gasteiger charge is -2.15. The zero-order valence-electron chi connectivity index (χ0n) is 10.0. The quantitative estimate of drug-likeness (QED) is 0.674. The zero-order valence-corrected chi connectivity index (χ0v) is 10.0. The molecule has 0 saturated carbocycles. The minimum Gasteiger partial charge on any atom is -0.386 e. The van der Waals surface area contributed by atoms with Gasteiger partial charge in [-0.3, -0.25) is 4.79 Å². The molecule has 0 amide bonds. The third kappa shape index (κ3) is 4.70. The molecule has 104 valence electrons. The van der Waals surface area contributed by atoms with Crippen LogP contribution in [-0.2, 0) is 14.3 Å². The van der Waals surface area contributed by atoms with Gasteiger partial charge >= 0.3 is 18.1 Å². The number of carbonyl (C=O) groups is 2. The molecule has 19 heavy (non-hydrogen) atoms. The third-order valence-electron chi connectivity index (χ3n) is 2.36. The van der Waals surface area contributed by atoms with Gasteiger partial charge in [0.15, 0.2) is 0 Å². The van der Waals surface area contributed by atoms with Crippen molar-refractivity contribution in [1.29, 1.82) is 0 Å². The van der Waals surface area contributed by atoms with Crippen molar-refractivity contribution < 1.29 is 27.5 Å². The van der Waals surface area contributed by atoms with E-state index in [1.165, 1.54) is 0 Å². The molecular formula is C12H12F3NO3. The number of hydrogen-bond acceptors (Lipinski definition) is 4. The van der Waals surface area contributed by atoms with Crippen LogP contribution in [0.1, 0.15) is 18.0 Å². The van der Waals surface area contributed by atoms with Crippen molar-refractivity contribution >= 4 is 11.9 Å². The largest absolute Gasteiger partial charge is 0.491 e. The molecule has 0 saturated heterocycles. The second-order valence-corrected chi connectivity index (χ2v) is 3.72. The van der Waals surface area contributed by atoms with Crippen LogP contribution < -0.4 is 5.32 Å². The Labute approximate surface area is 107 Å². The number of rotatable bonds is 4. The summed E-state index contributed by atoms with van der Waals surface area (Å²) in [5.74, 6) is -3.73. The Bertz CT molecular complexity index is 445. The topological polar surface area (TPSA) is 55.4 Å². The predicted octanol–water partition coefficient (Wildman–Crippen LogP) is 1.97. The molecular weight excluding hydrogens is 263 g/mol. The third-order valence-corrected chi connectivity index (χ3v) is 2.36. The van der Waals surface area contributed by atoms with Gasteiger partial charge in [-0.2, -0.15) is 13.2 Å². The van der Waals surface area contributed by atoms with E-state index in [4.69, 9.17) is 0 Å². The van der Waals surface area contributed by atoms with Gasteiger partial charge in [-0.25, -0.2) is 4.79 Å². The average Bonchev–Trinajstić information content (AvgIpc) is 2.35. The molecule has 0 aliphatic rings. The van der Waals surface area contributed by atoms with Crippen LogP contribution in [0.5, 0.6) is 0 Å². The number of halogens is 3. The van der Waals surface area contributed by atoms with Gasteiger partial charge in [-0.1, -0.05) is 30.3 Å². The minimum atomic E-state index is -5.17. The molecule has 0 radical (unpaired) electrons. The Morgan fingerprint density at radius 3 is 2.32 bits per heavy atom. The van der Waals surface area contributed by atoms with Gasteiger partial charge in [0, 0.05) is 6.04 Å². The fourth-order valence-corrected chi connectivity index (χ4v) is 1.44. The van der Waals surface area contributed by atoms with Gasteiger partial charge in [0.2, 0.25) is 0 Å². The van der Waals surface area contributed by atoms with Crippen LogP contribution >= 0.6 is 0 Å². The normalized spacial score (nSPS) is 12.8. The lowest BCUT2D eigenvalue weighted by atomic mass is 10.0. The minimum absolute atomic E-state index is 0.373. The van der Waals surface area contributed by atoms with Crippen molar-refractivity contribution in [2.75, 3.05) is 7.05 Å². The molecule has 1 rings (SSSR count). The monoisotopic (exact) mass is 275 g/mol. The molecule has 1 aromatic carbocycles. The Morgan fingerprint density at radius 1 is 1.26 bits per heavy atom. The first-order valence-electron chi connectivity index (χ1n) is 5.38. The van der Waals surface area contributed by atoms with Crippen molar-refractivity contribution in [1.82, 2.24) is 5.32 Å². The molecule has 1 unspecified atom stereocenters. The van der Waals surface area contributed by atoms with Crippen molar-refractivity contribution in [3.63, 3.8) is 0 Å². The summed E-state index contributed by atoms with van der Waals surface area (Å²) in [6.07, 6.45) is -5.54. The number of esters is 2. The Kier molecular flexibility index (Phi) is 5.05. The Morgan fingerprint density at radius 2 is 1.84 bits per heavy atom. The van der Waals surface area contributed by atoms with Gasteiger partial charge in [-0.15, -0.1) is 0 Å². The molecule has 1 aromatic rings. The number of nitrogens with one attached hydrogen (secondary N) is 1. The van der Waals surface area contributed by atoms with Gasteiger partial charge in [-0.05, 0) is 12.6 Å². The lowest BCUT2D eigenvalue weighted by molar-refractivity contribution is -0.202. The van der Waals surface area contributed by atoms with E-state index >= 15 is 0 Å². The number of ether oxygens (including phenoxy) is 1. The SMILES string of the molecule is CNC(CC(=O)OC(=O)C(F)(F)F)c1ccccc1. The molecule has 0 aliphatic heterocycles. The molecule has 0 bridgehead atoms. The van der Waals surface area contributed by atoms with Gasteiger partial charge in [0.1, 0.15) is 0 Å². The van der Waals surface area contributed by atoms with E-state index < -0.39 is 24.2 Å². The number of alkyl halides is 3. The van der Waals surface area contributed by atoms with E-state index in [0.717, 1.165) is 0 Å². The van der Waals surface area contributed by atoms with Crippen molar-refractivity contribution in [3.8, 4) is 0 Å². The van der Waals surface area contributed by atoms with Crippen LogP contribution in [0.25, 0.3) is 0 Å². The lowest BCUT2D eigenvalue weighted by Crippen LogP contribution is -2.30. The summed E-state index contributed by atoms with van der Waals surface area (Å²) in [5.41, 5.74) is 0.710. The maximum Gasteiger partial charge on any atom is 0.491 e. The molecule has 4 nitrogen and oxygen atoms in total. The van der Waals surface area contributed by atoms with Crippen LogP contribution in [0.15, 0.2) is 30.3 Å². The highest BCUT2D eigenvalue weighted by atomic mass is 19.4. The van der Waals surface area contributed by atoms with Gasteiger partial charge < -0.3 is 10.1 Å². The summed E-state index contributed by atoms with van der Waals surface area (Å²) in [6, 6.07) is 8.12. The van der Waals surface area contributed by atoms with E-state index in [2.05, 4.69) is 10.1 Å². The van der Waals surface area contributed by atoms with Crippen LogP contribution in [0.3, 0.4) is 0 Å². The molecule has 0 aromatic heterocycles. The maximum absolute atomic E-state index is 11.9. The highest BCUT2D eigenvalue weighted by Crippen LogP contribution is 2.20. The summed E-state index contributed by atoms with van der Waals surface area (Å²) in [4.78, 5) is 21.8. The fourth-order valence-electron chi connectivity index (χ4n) is 1.44. The van der Waals surface area contributed by atoms with E-state index in [0.29, 0.717) is 5.56 Å². The predicted molar refractivity (Wildman–Crippen MR) is 60.0 cm³/mol. The van der Waals surface area contributed by atoms with Gasteiger partial charge in [0.05, 0.1) is 6.42 Å². The summed E-state index contributed by atoms with van der Waals surface area (Å²) >= 11 is 0. The van der Waals surface area contributed by atoms with Crippen molar-refractivity contribution in [3.05, 3.63) is 35.9 Å². The number of benzene rings is 1. The summed E-state index contributed by atoms with van der Waals surface area (Å²) < 4.78 is 39.5. The molecule has 0 heterocycles. The van der Waals surface area contributed by atoms with Crippen molar-refractivity contribution in [2.24, 2.45) is 0 Å². The second kappa shape index (κ2) is 6.33. The average molecular weight is 275 g/mol. The smallest absolute Gasteiger partial charge is 0.386 e. The number of hydrogen-bond donors (Lipinski definition) is 1. The Hall–Kier alpha value is -1.89. The molecule has 1 atom stereocenters. The first kappa shape index (κ1) is 15.2. The summed E-state index contributed by atoms with van der Waals surface area (Å²) in [6.45, 7) is 0. The first-order valence-corrected chi connectivity index (χ1v) is 5.38. The van der Waals surface area contributed by atoms with E-state index in [9.17, 15) is 22.8 Å². The molecule has 0 aliphatic carbocycles. The van der Waals surface area contributed by atoms with Crippen LogP contribution in [0, 0.1) is 0 Å². The zero-order chi connectivity index (χ0) is 14.5. The fraction of sp³-hybridized carbons (Fsp3) is 0.333. The molecule has 7 heteroatoms. The Balaban J connectivity index is 2.63.